The molecule has 6 nitrogen and oxygen atoms in total. The highest BCUT2D eigenvalue weighted by Crippen LogP contribution is 1.99. The number of hydrogen-bond acceptors (Lipinski definition) is 4. The summed E-state index contributed by atoms with van der Waals surface area (Å²) in [5.74, 6) is -0.429. The van der Waals surface area contributed by atoms with Gasteiger partial charge in [-0.05, 0) is 6.42 Å². The van der Waals surface area contributed by atoms with Gasteiger partial charge in [-0.25, -0.2) is 14.6 Å². The Balaban J connectivity index is 2.19. The zero-order chi connectivity index (χ0) is 11.8. The van der Waals surface area contributed by atoms with E-state index in [2.05, 4.69) is 9.82 Å². The van der Waals surface area contributed by atoms with Gasteiger partial charge in [0.05, 0.1) is 0 Å². The van der Waals surface area contributed by atoms with Crippen molar-refractivity contribution >= 4 is 12.0 Å². The molecule has 0 aliphatic carbocycles. The Morgan fingerprint density at radius 3 is 2.88 bits per heavy atom. The Bertz CT molecular complexity index is 335. The van der Waals surface area contributed by atoms with Crippen molar-refractivity contribution in [3.8, 4) is 0 Å². The topological polar surface area (TPSA) is 73.2 Å². The van der Waals surface area contributed by atoms with Crippen LogP contribution < -0.4 is 5.48 Å². The van der Waals surface area contributed by atoms with E-state index in [0.29, 0.717) is 6.42 Å². The molecule has 0 saturated heterocycles. The number of carbonyl (C=O) groups excluding carboxylic acids is 2. The first-order chi connectivity index (χ1) is 7.74. The Morgan fingerprint density at radius 2 is 2.25 bits per heavy atom. The number of carbonyl (C=O) groups is 2. The molecule has 1 rings (SSSR count). The zero-order valence-corrected chi connectivity index (χ0v) is 9.18. The molecule has 16 heavy (non-hydrogen) atoms. The predicted molar refractivity (Wildman–Crippen MR) is 56.4 cm³/mol. The van der Waals surface area contributed by atoms with Gasteiger partial charge in [-0.15, -0.1) is 0 Å². The predicted octanol–water partition coefficient (Wildman–Crippen LogP) is 1.48. The highest BCUT2D eigenvalue weighted by Gasteiger charge is 2.07. The lowest BCUT2D eigenvalue weighted by atomic mass is 10.2. The first-order valence-corrected chi connectivity index (χ1v) is 5.22. The Labute approximate surface area is 93.6 Å². The average Bonchev–Trinajstić information content (AvgIpc) is 2.79. The van der Waals surface area contributed by atoms with Crippen molar-refractivity contribution < 1.29 is 14.4 Å². The molecule has 1 aromatic heterocycles. The van der Waals surface area contributed by atoms with Crippen LogP contribution in [0.2, 0.25) is 0 Å². The molecule has 0 radical (unpaired) electrons. The molecule has 0 atom stereocenters. The van der Waals surface area contributed by atoms with Gasteiger partial charge in [0, 0.05) is 18.8 Å². The minimum absolute atomic E-state index is 0.318. The lowest BCUT2D eigenvalue weighted by Gasteiger charge is -2.05. The summed E-state index contributed by atoms with van der Waals surface area (Å²) in [5.41, 5.74) is 2.05. The number of hydroxylamine groups is 1. The molecule has 88 valence electrons. The fourth-order valence-electron chi connectivity index (χ4n) is 1.10. The highest BCUT2D eigenvalue weighted by molar-refractivity contribution is 5.78. The smallest absolute Gasteiger partial charge is 0.339 e. The van der Waals surface area contributed by atoms with Crippen molar-refractivity contribution in [3.63, 3.8) is 0 Å². The number of nitrogens with one attached hydrogen (secondary N) is 1. The number of imidazole rings is 1. The van der Waals surface area contributed by atoms with E-state index in [4.69, 9.17) is 0 Å². The number of unbranched alkanes of at least 4 members (excludes halogenated alkanes) is 2. The number of rotatable bonds is 4. The summed E-state index contributed by atoms with van der Waals surface area (Å²) in [7, 11) is 0. The van der Waals surface area contributed by atoms with Gasteiger partial charge >= 0.3 is 12.0 Å². The molecule has 0 bridgehead atoms. The van der Waals surface area contributed by atoms with E-state index in [1.165, 1.54) is 23.3 Å². The Morgan fingerprint density at radius 1 is 1.44 bits per heavy atom. The lowest BCUT2D eigenvalue weighted by molar-refractivity contribution is -0.148. The van der Waals surface area contributed by atoms with Crippen molar-refractivity contribution in [1.29, 1.82) is 0 Å². The Kier molecular flexibility index (Phi) is 5.04. The fraction of sp³-hybridized carbons (Fsp3) is 0.500. The van der Waals surface area contributed by atoms with Crippen molar-refractivity contribution in [2.75, 3.05) is 0 Å². The molecule has 6 heteroatoms. The summed E-state index contributed by atoms with van der Waals surface area (Å²) >= 11 is 0. The minimum Gasteiger partial charge on any atom is -0.339 e. The van der Waals surface area contributed by atoms with Gasteiger partial charge in [-0.1, -0.05) is 19.8 Å². The van der Waals surface area contributed by atoms with E-state index in [1.807, 2.05) is 12.4 Å². The summed E-state index contributed by atoms with van der Waals surface area (Å²) in [6, 6.07) is -0.540. The molecule has 1 heterocycles. The molecule has 0 saturated carbocycles. The standard InChI is InChI=1S/C10H15N3O3/c1-2-3-4-5-9(14)16-12-10(15)13-7-6-11-8-13/h6-8H,2-5H2,1H3,(H,12,15). The van der Waals surface area contributed by atoms with Gasteiger partial charge in [0.2, 0.25) is 0 Å². The lowest BCUT2D eigenvalue weighted by Crippen LogP contribution is -2.30. The van der Waals surface area contributed by atoms with Crippen LogP contribution in [0, 0.1) is 0 Å². The first-order valence-electron chi connectivity index (χ1n) is 5.22. The third-order valence-corrected chi connectivity index (χ3v) is 1.98. The maximum Gasteiger partial charge on any atom is 0.360 e. The summed E-state index contributed by atoms with van der Waals surface area (Å²) < 4.78 is 1.18. The van der Waals surface area contributed by atoms with E-state index < -0.39 is 12.0 Å². The molecule has 0 spiro atoms. The molecule has 0 aromatic carbocycles. The SMILES string of the molecule is CCCCCC(=O)ONC(=O)n1ccnc1. The summed E-state index contributed by atoms with van der Waals surface area (Å²) in [6.45, 7) is 2.05. The van der Waals surface area contributed by atoms with Crippen LogP contribution in [0.15, 0.2) is 18.7 Å². The van der Waals surface area contributed by atoms with Crippen LogP contribution in [0.4, 0.5) is 4.79 Å². The van der Waals surface area contributed by atoms with Gasteiger partial charge < -0.3 is 4.84 Å². The van der Waals surface area contributed by atoms with Crippen LogP contribution in [0.5, 0.6) is 0 Å². The third-order valence-electron chi connectivity index (χ3n) is 1.98. The van der Waals surface area contributed by atoms with Gasteiger partial charge in [0.1, 0.15) is 6.33 Å². The van der Waals surface area contributed by atoms with Crippen molar-refractivity contribution in [2.24, 2.45) is 0 Å². The van der Waals surface area contributed by atoms with E-state index >= 15 is 0 Å². The van der Waals surface area contributed by atoms with Gasteiger partial charge in [-0.2, -0.15) is 5.48 Å². The average molecular weight is 225 g/mol. The largest absolute Gasteiger partial charge is 0.360 e. The normalized spacial score (nSPS) is 9.81. The molecule has 0 aliphatic rings. The van der Waals surface area contributed by atoms with Gasteiger partial charge in [0.15, 0.2) is 0 Å². The summed E-state index contributed by atoms with van der Waals surface area (Å²) in [4.78, 5) is 30.7. The van der Waals surface area contributed by atoms with Crippen molar-refractivity contribution in [2.45, 2.75) is 32.6 Å². The first kappa shape index (κ1) is 12.2. The second kappa shape index (κ2) is 6.60. The van der Waals surface area contributed by atoms with E-state index in [-0.39, 0.29) is 0 Å². The summed E-state index contributed by atoms with van der Waals surface area (Å²) in [6.07, 6.45) is 7.34. The molecule has 1 amide bonds. The third kappa shape index (κ3) is 4.12. The van der Waals surface area contributed by atoms with Crippen LogP contribution in [0.3, 0.4) is 0 Å². The van der Waals surface area contributed by atoms with Crippen LogP contribution >= 0.6 is 0 Å². The molecule has 0 aliphatic heterocycles. The van der Waals surface area contributed by atoms with E-state index in [0.717, 1.165) is 19.3 Å². The molecular weight excluding hydrogens is 210 g/mol. The van der Waals surface area contributed by atoms with Crippen molar-refractivity contribution in [1.82, 2.24) is 15.0 Å². The number of aromatic nitrogens is 2. The monoisotopic (exact) mass is 225 g/mol. The second-order valence-corrected chi connectivity index (χ2v) is 3.31. The second-order valence-electron chi connectivity index (χ2n) is 3.31. The maximum absolute atomic E-state index is 11.3. The number of amides is 1. The van der Waals surface area contributed by atoms with E-state index in [9.17, 15) is 9.59 Å². The summed E-state index contributed by atoms with van der Waals surface area (Å²) in [5, 5.41) is 0. The van der Waals surface area contributed by atoms with Crippen LogP contribution in [0.1, 0.15) is 32.6 Å². The zero-order valence-electron chi connectivity index (χ0n) is 9.18. The number of nitrogens with zero attached hydrogens (tertiary/aromatic N) is 2. The molecule has 0 unspecified atom stereocenters. The molecule has 1 aromatic rings. The van der Waals surface area contributed by atoms with E-state index in [1.54, 1.807) is 0 Å². The number of hydrogen-bond donors (Lipinski definition) is 1. The Hall–Kier alpha value is -1.85. The van der Waals surface area contributed by atoms with Crippen LogP contribution in [-0.2, 0) is 9.63 Å². The highest BCUT2D eigenvalue weighted by atomic mass is 16.7. The van der Waals surface area contributed by atoms with Crippen molar-refractivity contribution in [3.05, 3.63) is 18.7 Å². The fourth-order valence-corrected chi connectivity index (χ4v) is 1.10. The molecular formula is C10H15N3O3. The van der Waals surface area contributed by atoms with Crippen LogP contribution in [0.25, 0.3) is 0 Å². The quantitative estimate of drug-likeness (QED) is 0.622. The van der Waals surface area contributed by atoms with Gasteiger partial charge in [-0.3, -0.25) is 4.57 Å². The molecule has 0 fully saturated rings. The minimum atomic E-state index is -0.540. The van der Waals surface area contributed by atoms with Crippen LogP contribution in [-0.4, -0.2) is 21.6 Å². The maximum atomic E-state index is 11.3. The van der Waals surface area contributed by atoms with Gasteiger partial charge in [0.25, 0.3) is 0 Å². The molecule has 1 N–H and O–H groups in total.